The van der Waals surface area contributed by atoms with Crippen LogP contribution in [0.4, 0.5) is 0 Å². The van der Waals surface area contributed by atoms with Gasteiger partial charge in [0.25, 0.3) is 5.91 Å². The molecule has 0 bridgehead atoms. The van der Waals surface area contributed by atoms with E-state index >= 15 is 0 Å². The number of nitrogens with zero attached hydrogens (tertiary/aromatic N) is 4. The molecule has 0 saturated carbocycles. The van der Waals surface area contributed by atoms with Gasteiger partial charge in [0.15, 0.2) is 11.5 Å². The average Bonchev–Trinajstić information content (AvgIpc) is 3.11. The number of allylic oxidation sites excluding steroid dienone is 6. The number of oxazole rings is 1. The number of rotatable bonds is 2. The Morgan fingerprint density at radius 2 is 1.97 bits per heavy atom. The highest BCUT2D eigenvalue weighted by Gasteiger charge is 2.26. The van der Waals surface area contributed by atoms with Crippen LogP contribution in [0.5, 0.6) is 0 Å². The van der Waals surface area contributed by atoms with E-state index < -0.39 is 0 Å². The summed E-state index contributed by atoms with van der Waals surface area (Å²) in [5.74, 6) is 0.876. The van der Waals surface area contributed by atoms with E-state index in [0.29, 0.717) is 17.4 Å². The van der Waals surface area contributed by atoms with Gasteiger partial charge in [-0.1, -0.05) is 18.2 Å². The minimum atomic E-state index is -0.149. The van der Waals surface area contributed by atoms with Crippen molar-refractivity contribution in [1.29, 1.82) is 0 Å². The van der Waals surface area contributed by atoms with E-state index in [1.807, 2.05) is 49.4 Å². The van der Waals surface area contributed by atoms with Crippen LogP contribution in [-0.4, -0.2) is 46.6 Å². The van der Waals surface area contributed by atoms with Gasteiger partial charge in [-0.15, -0.1) is 0 Å². The van der Waals surface area contributed by atoms with Crippen LogP contribution in [0, 0.1) is 12.8 Å². The van der Waals surface area contributed by atoms with Gasteiger partial charge in [0.05, 0.1) is 11.4 Å². The number of fused-ring (bicyclic) bond motifs is 2. The number of amides is 1. The molecular weight excluding hydrogens is 376 g/mol. The van der Waals surface area contributed by atoms with Crippen molar-refractivity contribution in [3.63, 3.8) is 0 Å². The average molecular weight is 400 g/mol. The molecule has 1 aromatic carbocycles. The summed E-state index contributed by atoms with van der Waals surface area (Å²) >= 11 is 0. The third kappa shape index (κ3) is 3.55. The number of carbonyl (C=O) groups excluding carboxylic acids is 1. The maximum absolute atomic E-state index is 13.1. The van der Waals surface area contributed by atoms with Crippen molar-refractivity contribution in [3.8, 4) is 0 Å². The summed E-state index contributed by atoms with van der Waals surface area (Å²) in [6.07, 6.45) is 13.7. The van der Waals surface area contributed by atoms with Gasteiger partial charge in [-0.2, -0.15) is 10.1 Å². The van der Waals surface area contributed by atoms with Crippen molar-refractivity contribution in [2.24, 2.45) is 11.0 Å². The number of hydrogen-bond donors (Lipinski definition) is 0. The number of aromatic nitrogens is 1. The van der Waals surface area contributed by atoms with E-state index in [9.17, 15) is 4.79 Å². The topological polar surface area (TPSA) is 61.9 Å². The van der Waals surface area contributed by atoms with Gasteiger partial charge < -0.3 is 9.32 Å². The first-order valence-corrected chi connectivity index (χ1v) is 10.3. The molecule has 152 valence electrons. The molecule has 30 heavy (non-hydrogen) atoms. The summed E-state index contributed by atoms with van der Waals surface area (Å²) < 4.78 is 5.65. The molecule has 2 aromatic rings. The summed E-state index contributed by atoms with van der Waals surface area (Å²) in [6, 6.07) is 5.80. The number of carbonyl (C=O) groups is 1. The highest BCUT2D eigenvalue weighted by atomic mass is 16.3. The quantitative estimate of drug-likeness (QED) is 0.762. The van der Waals surface area contributed by atoms with Crippen molar-refractivity contribution in [2.45, 2.75) is 19.8 Å². The first-order chi connectivity index (χ1) is 14.6. The van der Waals surface area contributed by atoms with Gasteiger partial charge in [0.1, 0.15) is 5.52 Å². The van der Waals surface area contributed by atoms with E-state index in [1.54, 1.807) is 6.08 Å². The predicted octanol–water partition coefficient (Wildman–Crippen LogP) is 4.07. The van der Waals surface area contributed by atoms with Gasteiger partial charge in [-0.3, -0.25) is 4.79 Å². The van der Waals surface area contributed by atoms with Crippen molar-refractivity contribution in [2.75, 3.05) is 20.1 Å². The molecule has 3 aliphatic heterocycles. The van der Waals surface area contributed by atoms with E-state index in [1.165, 1.54) is 5.01 Å². The third-order valence-electron chi connectivity index (χ3n) is 5.88. The maximum Gasteiger partial charge on any atom is 0.272 e. The highest BCUT2D eigenvalue weighted by molar-refractivity contribution is 6.03. The molecule has 0 atom stereocenters. The Hall–Kier alpha value is -3.25. The fourth-order valence-corrected chi connectivity index (χ4v) is 4.16. The summed E-state index contributed by atoms with van der Waals surface area (Å²) in [5, 5.41) is 6.26. The lowest BCUT2D eigenvalue weighted by atomic mass is 9.91. The smallest absolute Gasteiger partial charge is 0.272 e. The Labute approximate surface area is 175 Å². The zero-order chi connectivity index (χ0) is 20.7. The molecule has 1 saturated heterocycles. The van der Waals surface area contributed by atoms with Gasteiger partial charge in [0, 0.05) is 18.9 Å². The molecule has 3 aliphatic rings. The van der Waals surface area contributed by atoms with Gasteiger partial charge in [-0.05, 0) is 74.5 Å². The minimum Gasteiger partial charge on any atom is -0.441 e. The number of aryl methyl sites for hydroxylation is 1. The van der Waals surface area contributed by atoms with Crippen LogP contribution in [0.2, 0.25) is 0 Å². The van der Waals surface area contributed by atoms with Crippen LogP contribution < -0.4 is 0 Å². The number of piperidine rings is 1. The molecule has 6 heteroatoms. The lowest BCUT2D eigenvalue weighted by molar-refractivity contribution is -0.124. The van der Waals surface area contributed by atoms with Crippen LogP contribution in [0.25, 0.3) is 16.7 Å². The van der Waals surface area contributed by atoms with Crippen molar-refractivity contribution >= 4 is 28.3 Å². The van der Waals surface area contributed by atoms with Crippen LogP contribution in [0.1, 0.15) is 24.3 Å². The number of hydrazone groups is 1. The van der Waals surface area contributed by atoms with E-state index in [2.05, 4.69) is 23.0 Å². The van der Waals surface area contributed by atoms with E-state index in [0.717, 1.165) is 54.0 Å². The fraction of sp³-hybridized carbons (Fsp3) is 0.292. The molecule has 5 rings (SSSR count). The molecular formula is C24H24N4O2. The molecule has 0 aliphatic carbocycles. The summed E-state index contributed by atoms with van der Waals surface area (Å²) in [6.45, 7) is 3.95. The number of hydrogen-bond acceptors (Lipinski definition) is 5. The molecule has 6 nitrogen and oxygen atoms in total. The first kappa shape index (κ1) is 18.8. The molecule has 1 aromatic heterocycles. The number of benzene rings is 1. The Morgan fingerprint density at radius 1 is 1.13 bits per heavy atom. The summed E-state index contributed by atoms with van der Waals surface area (Å²) in [7, 11) is 2.15. The van der Waals surface area contributed by atoms with Gasteiger partial charge in [0.2, 0.25) is 0 Å². The van der Waals surface area contributed by atoms with Crippen LogP contribution in [-0.2, 0) is 4.79 Å². The third-order valence-corrected chi connectivity index (χ3v) is 5.88. The second kappa shape index (κ2) is 7.54. The molecule has 0 unspecified atom stereocenters. The van der Waals surface area contributed by atoms with Crippen LogP contribution in [0.15, 0.2) is 69.9 Å². The lowest BCUT2D eigenvalue weighted by Gasteiger charge is -2.31. The zero-order valence-electron chi connectivity index (χ0n) is 17.2. The molecule has 1 fully saturated rings. The van der Waals surface area contributed by atoms with Crippen LogP contribution >= 0.6 is 0 Å². The SMILES string of the molecule is Cc1nc2ccc(C3=CC(=O)N4N=C(C5CCN(C)CC5)C=C/C4=C\C=C3)cc2o1. The predicted molar refractivity (Wildman–Crippen MR) is 118 cm³/mol. The van der Waals surface area contributed by atoms with Gasteiger partial charge in [-0.25, -0.2) is 4.98 Å². The summed E-state index contributed by atoms with van der Waals surface area (Å²) in [4.78, 5) is 19.8. The largest absolute Gasteiger partial charge is 0.441 e. The minimum absolute atomic E-state index is 0.149. The monoisotopic (exact) mass is 400 g/mol. The Balaban J connectivity index is 1.46. The second-order valence-electron chi connectivity index (χ2n) is 8.05. The van der Waals surface area contributed by atoms with Crippen LogP contribution in [0.3, 0.4) is 0 Å². The fourth-order valence-electron chi connectivity index (χ4n) is 4.16. The zero-order valence-corrected chi connectivity index (χ0v) is 17.2. The van der Waals surface area contributed by atoms with Crippen molar-refractivity contribution in [3.05, 3.63) is 71.8 Å². The van der Waals surface area contributed by atoms with E-state index in [4.69, 9.17) is 9.52 Å². The first-order valence-electron chi connectivity index (χ1n) is 10.3. The molecule has 0 radical (unpaired) electrons. The Kier molecular flexibility index (Phi) is 4.71. The molecule has 0 N–H and O–H groups in total. The standard InChI is InChI=1S/C24H24N4O2/c1-16-25-22-8-6-19(14-23(22)30-16)18-4-3-5-20-7-9-21(26-28(20)24(29)15-18)17-10-12-27(2)13-11-17/h3-9,14-15,17H,10-13H2,1-2H3/b4-3?,18-15?,20-5+. The maximum atomic E-state index is 13.1. The summed E-state index contributed by atoms with van der Waals surface area (Å²) in [5.41, 5.74) is 5.03. The van der Waals surface area contributed by atoms with E-state index in [-0.39, 0.29) is 5.91 Å². The second-order valence-corrected chi connectivity index (χ2v) is 8.05. The normalized spacial score (nSPS) is 22.3. The van der Waals surface area contributed by atoms with Gasteiger partial charge >= 0.3 is 0 Å². The molecule has 4 heterocycles. The Morgan fingerprint density at radius 3 is 2.80 bits per heavy atom. The van der Waals surface area contributed by atoms with Crippen molar-refractivity contribution in [1.82, 2.24) is 14.9 Å². The molecule has 1 amide bonds. The Bertz CT molecular complexity index is 1160. The highest BCUT2D eigenvalue weighted by Crippen LogP contribution is 2.27. The lowest BCUT2D eigenvalue weighted by Crippen LogP contribution is -2.35. The molecule has 0 spiro atoms. The van der Waals surface area contributed by atoms with Crippen molar-refractivity contribution < 1.29 is 9.21 Å². The number of likely N-dealkylation sites (tertiary alicyclic amines) is 1.